The lowest BCUT2D eigenvalue weighted by Gasteiger charge is -2.27. The fraction of sp³-hybridized carbons (Fsp3) is 0. The van der Waals surface area contributed by atoms with E-state index in [1.807, 2.05) is 0 Å². The van der Waals surface area contributed by atoms with Gasteiger partial charge in [0.05, 0.1) is 5.69 Å². The summed E-state index contributed by atoms with van der Waals surface area (Å²) >= 11 is 0. The van der Waals surface area contributed by atoms with Gasteiger partial charge in [0, 0.05) is 16.8 Å². The topological polar surface area (TPSA) is 3.24 Å². The van der Waals surface area contributed by atoms with Crippen LogP contribution in [0.3, 0.4) is 0 Å². The Hall–Kier alpha value is -6.18. The molecule has 9 rings (SSSR count). The van der Waals surface area contributed by atoms with Crippen molar-refractivity contribution in [1.82, 2.24) is 0 Å². The fourth-order valence-corrected chi connectivity index (χ4v) is 7.10. The number of hydrogen-bond acceptors (Lipinski definition) is 1. The minimum absolute atomic E-state index is 1.12. The Morgan fingerprint density at radius 3 is 1.57 bits per heavy atom. The van der Waals surface area contributed by atoms with Crippen molar-refractivity contribution in [1.29, 1.82) is 0 Å². The molecule has 0 aliphatic carbocycles. The average Bonchev–Trinajstić information content (AvgIpc) is 3.15. The van der Waals surface area contributed by atoms with Crippen LogP contribution in [0.1, 0.15) is 0 Å². The molecule has 0 fully saturated rings. The molecule has 0 spiro atoms. The van der Waals surface area contributed by atoms with Crippen molar-refractivity contribution in [3.8, 4) is 22.3 Å². The molecule has 0 bridgehead atoms. The summed E-state index contributed by atoms with van der Waals surface area (Å²) in [7, 11) is 0. The summed E-state index contributed by atoms with van der Waals surface area (Å²) in [6.07, 6.45) is 0. The number of hydrogen-bond donors (Lipinski definition) is 0. The monoisotopic (exact) mass is 597 g/mol. The maximum Gasteiger partial charge on any atom is 0.0546 e. The molecule has 9 aromatic carbocycles. The normalized spacial score (nSPS) is 11.4. The molecular formula is C46H31N. The second kappa shape index (κ2) is 11.3. The van der Waals surface area contributed by atoms with Gasteiger partial charge in [0.2, 0.25) is 0 Å². The van der Waals surface area contributed by atoms with Gasteiger partial charge in [-0.25, -0.2) is 0 Å². The standard InChI is InChI=1S/C46H31N/c1-2-16-39(17-3-1)47(46-31-37-15-7-8-18-41(37)43-20-10-11-21-44(43)46)40-26-24-33(25-27-40)45-30-38(29-36-14-6-9-19-42(36)45)35-23-22-32-12-4-5-13-34(32)28-35/h1-31H. The molecule has 0 unspecified atom stereocenters. The number of benzene rings is 9. The van der Waals surface area contributed by atoms with E-state index < -0.39 is 0 Å². The predicted octanol–water partition coefficient (Wildman–Crippen LogP) is 13.1. The van der Waals surface area contributed by atoms with Gasteiger partial charge in [-0.2, -0.15) is 0 Å². The molecule has 47 heavy (non-hydrogen) atoms. The lowest BCUT2D eigenvalue weighted by atomic mass is 9.92. The largest absolute Gasteiger partial charge is 0.310 e. The average molecular weight is 598 g/mol. The van der Waals surface area contributed by atoms with Crippen molar-refractivity contribution in [2.75, 3.05) is 4.90 Å². The SMILES string of the molecule is c1ccc(N(c2ccc(-c3cc(-c4ccc5ccccc5c4)cc4ccccc34)cc2)c2cc3ccccc3c3ccccc23)cc1. The zero-order valence-electron chi connectivity index (χ0n) is 25.8. The van der Waals surface area contributed by atoms with E-state index in [2.05, 4.69) is 193 Å². The van der Waals surface area contributed by atoms with Gasteiger partial charge in [-0.3, -0.25) is 0 Å². The highest BCUT2D eigenvalue weighted by Gasteiger charge is 2.18. The molecular weight excluding hydrogens is 567 g/mol. The molecule has 1 nitrogen and oxygen atoms in total. The third-order valence-corrected chi connectivity index (χ3v) is 9.38. The summed E-state index contributed by atoms with van der Waals surface area (Å²) in [5.74, 6) is 0. The van der Waals surface area contributed by atoms with Crippen molar-refractivity contribution in [2.24, 2.45) is 0 Å². The molecule has 9 aromatic rings. The van der Waals surface area contributed by atoms with Gasteiger partial charge in [0.1, 0.15) is 0 Å². The maximum absolute atomic E-state index is 2.39. The third-order valence-electron chi connectivity index (χ3n) is 9.38. The highest BCUT2D eigenvalue weighted by atomic mass is 15.1. The second-order valence-electron chi connectivity index (χ2n) is 12.2. The van der Waals surface area contributed by atoms with E-state index in [4.69, 9.17) is 0 Å². The van der Waals surface area contributed by atoms with Crippen LogP contribution in [-0.2, 0) is 0 Å². The molecule has 0 atom stereocenters. The number of fused-ring (bicyclic) bond motifs is 5. The second-order valence-corrected chi connectivity index (χ2v) is 12.2. The summed E-state index contributed by atoms with van der Waals surface area (Å²) in [5, 5.41) is 10.0. The van der Waals surface area contributed by atoms with Crippen LogP contribution in [0.15, 0.2) is 188 Å². The third kappa shape index (κ3) is 4.81. The fourth-order valence-electron chi connectivity index (χ4n) is 7.10. The molecule has 0 aliphatic heterocycles. The van der Waals surface area contributed by atoms with E-state index in [-0.39, 0.29) is 0 Å². The highest BCUT2D eigenvalue weighted by Crippen LogP contribution is 2.43. The van der Waals surface area contributed by atoms with Crippen LogP contribution in [0.25, 0.3) is 65.3 Å². The van der Waals surface area contributed by atoms with Gasteiger partial charge in [0.25, 0.3) is 0 Å². The molecule has 0 amide bonds. The maximum atomic E-state index is 2.39. The van der Waals surface area contributed by atoms with Gasteiger partial charge in [0.15, 0.2) is 0 Å². The summed E-state index contributed by atoms with van der Waals surface area (Å²) in [6.45, 7) is 0. The van der Waals surface area contributed by atoms with Gasteiger partial charge >= 0.3 is 0 Å². The van der Waals surface area contributed by atoms with Crippen LogP contribution in [-0.4, -0.2) is 0 Å². The van der Waals surface area contributed by atoms with E-state index in [0.717, 1.165) is 11.4 Å². The molecule has 0 saturated heterocycles. The van der Waals surface area contributed by atoms with Crippen molar-refractivity contribution >= 4 is 60.2 Å². The first kappa shape index (κ1) is 27.2. The van der Waals surface area contributed by atoms with E-state index in [9.17, 15) is 0 Å². The minimum atomic E-state index is 1.12. The zero-order chi connectivity index (χ0) is 31.2. The Bertz CT molecular complexity index is 2560. The number of para-hydroxylation sites is 1. The van der Waals surface area contributed by atoms with Crippen LogP contribution in [0.4, 0.5) is 17.1 Å². The van der Waals surface area contributed by atoms with Crippen molar-refractivity contribution in [2.45, 2.75) is 0 Å². The van der Waals surface area contributed by atoms with Crippen LogP contribution < -0.4 is 4.90 Å². The molecule has 0 N–H and O–H groups in total. The molecule has 0 aromatic heterocycles. The zero-order valence-corrected chi connectivity index (χ0v) is 25.8. The summed E-state index contributed by atoms with van der Waals surface area (Å²) in [6, 6.07) is 68.3. The summed E-state index contributed by atoms with van der Waals surface area (Å²) in [5.41, 5.74) is 8.30. The molecule has 0 heterocycles. The Morgan fingerprint density at radius 1 is 0.277 bits per heavy atom. The summed E-state index contributed by atoms with van der Waals surface area (Å²) < 4.78 is 0. The quantitative estimate of drug-likeness (QED) is 0.178. The molecule has 1 heteroatoms. The van der Waals surface area contributed by atoms with E-state index in [1.165, 1.54) is 71.0 Å². The van der Waals surface area contributed by atoms with Gasteiger partial charge in [-0.1, -0.05) is 140 Å². The lowest BCUT2D eigenvalue weighted by molar-refractivity contribution is 1.30. The number of nitrogens with zero attached hydrogens (tertiary/aromatic N) is 1. The van der Waals surface area contributed by atoms with Gasteiger partial charge in [-0.15, -0.1) is 0 Å². The Kier molecular flexibility index (Phi) is 6.54. The minimum Gasteiger partial charge on any atom is -0.310 e. The smallest absolute Gasteiger partial charge is 0.0546 e. The predicted molar refractivity (Wildman–Crippen MR) is 202 cm³/mol. The molecule has 0 radical (unpaired) electrons. The Morgan fingerprint density at radius 2 is 0.809 bits per heavy atom. The van der Waals surface area contributed by atoms with Crippen molar-refractivity contribution < 1.29 is 0 Å². The van der Waals surface area contributed by atoms with Crippen molar-refractivity contribution in [3.63, 3.8) is 0 Å². The van der Waals surface area contributed by atoms with E-state index in [0.29, 0.717) is 0 Å². The lowest BCUT2D eigenvalue weighted by Crippen LogP contribution is -2.10. The Labute approximate surface area is 274 Å². The van der Waals surface area contributed by atoms with Gasteiger partial charge < -0.3 is 4.90 Å². The Balaban J connectivity index is 1.20. The number of anilines is 3. The molecule has 0 aliphatic rings. The van der Waals surface area contributed by atoms with Crippen LogP contribution in [0, 0.1) is 0 Å². The van der Waals surface area contributed by atoms with Crippen LogP contribution >= 0.6 is 0 Å². The van der Waals surface area contributed by atoms with Crippen LogP contribution in [0.2, 0.25) is 0 Å². The van der Waals surface area contributed by atoms with Gasteiger partial charge in [-0.05, 0) is 108 Å². The summed E-state index contributed by atoms with van der Waals surface area (Å²) in [4.78, 5) is 2.39. The molecule has 220 valence electrons. The first-order chi connectivity index (χ1) is 23.3. The van der Waals surface area contributed by atoms with E-state index in [1.54, 1.807) is 0 Å². The first-order valence-electron chi connectivity index (χ1n) is 16.2. The number of rotatable bonds is 5. The molecule has 0 saturated carbocycles. The first-order valence-corrected chi connectivity index (χ1v) is 16.2. The van der Waals surface area contributed by atoms with Crippen LogP contribution in [0.5, 0.6) is 0 Å². The van der Waals surface area contributed by atoms with E-state index >= 15 is 0 Å². The van der Waals surface area contributed by atoms with Crippen molar-refractivity contribution in [3.05, 3.63) is 188 Å². The highest BCUT2D eigenvalue weighted by molar-refractivity contribution is 6.14.